The topological polar surface area (TPSA) is 88.9 Å². The van der Waals surface area contributed by atoms with Crippen molar-refractivity contribution in [2.45, 2.75) is 50.4 Å². The Balaban J connectivity index is 1.20. The van der Waals surface area contributed by atoms with Gasteiger partial charge in [0.1, 0.15) is 0 Å². The molecule has 0 unspecified atom stereocenters. The Morgan fingerprint density at radius 1 is 1.17 bits per heavy atom. The van der Waals surface area contributed by atoms with Crippen molar-refractivity contribution in [2.75, 3.05) is 45.9 Å². The molecule has 5 rings (SSSR count). The first-order valence-corrected chi connectivity index (χ1v) is 11.1. The van der Waals surface area contributed by atoms with E-state index < -0.39 is 0 Å². The van der Waals surface area contributed by atoms with E-state index in [2.05, 4.69) is 15.3 Å². The van der Waals surface area contributed by atoms with Gasteiger partial charge < -0.3 is 19.7 Å². The van der Waals surface area contributed by atoms with Crippen molar-refractivity contribution in [3.8, 4) is 0 Å². The van der Waals surface area contributed by atoms with Crippen molar-refractivity contribution >= 4 is 11.8 Å². The van der Waals surface area contributed by atoms with Crippen molar-refractivity contribution in [2.24, 2.45) is 7.05 Å². The van der Waals surface area contributed by atoms with E-state index in [4.69, 9.17) is 9.47 Å². The first kappa shape index (κ1) is 20.0. The van der Waals surface area contributed by atoms with E-state index in [-0.39, 0.29) is 17.4 Å². The number of morpholine rings is 1. The SMILES string of the molecule is Cn1nc(C(=O)NC2CC2)c2c1CC1(CCN(C(=O)CN3CCOCC3)CC1)OC2. The molecule has 4 heterocycles. The van der Waals surface area contributed by atoms with Gasteiger partial charge in [0, 0.05) is 56.9 Å². The van der Waals surface area contributed by atoms with E-state index >= 15 is 0 Å². The summed E-state index contributed by atoms with van der Waals surface area (Å²) in [5.74, 6) is 0.111. The van der Waals surface area contributed by atoms with E-state index in [1.165, 1.54) is 0 Å². The number of fused-ring (bicyclic) bond motifs is 1. The molecule has 4 aliphatic rings. The fourth-order valence-electron chi connectivity index (χ4n) is 4.76. The molecule has 0 atom stereocenters. The third-order valence-corrected chi connectivity index (χ3v) is 6.90. The van der Waals surface area contributed by atoms with Crippen LogP contribution in [0.3, 0.4) is 0 Å². The number of rotatable bonds is 4. The van der Waals surface area contributed by atoms with Gasteiger partial charge in [-0.15, -0.1) is 0 Å². The normalized spacial score (nSPS) is 24.0. The molecule has 1 aliphatic carbocycles. The average Bonchev–Trinajstić information content (AvgIpc) is 3.51. The molecule has 164 valence electrons. The van der Waals surface area contributed by atoms with Gasteiger partial charge in [0.15, 0.2) is 5.69 Å². The molecule has 9 heteroatoms. The molecule has 1 saturated carbocycles. The van der Waals surface area contributed by atoms with Gasteiger partial charge in [-0.3, -0.25) is 19.2 Å². The second-order valence-electron chi connectivity index (χ2n) is 9.06. The molecule has 1 aromatic rings. The zero-order valence-electron chi connectivity index (χ0n) is 17.7. The van der Waals surface area contributed by atoms with Gasteiger partial charge in [-0.1, -0.05) is 0 Å². The molecule has 9 nitrogen and oxygen atoms in total. The van der Waals surface area contributed by atoms with Crippen molar-refractivity contribution in [3.63, 3.8) is 0 Å². The Labute approximate surface area is 176 Å². The minimum atomic E-state index is -0.263. The van der Waals surface area contributed by atoms with Gasteiger partial charge in [0.25, 0.3) is 5.91 Å². The number of aromatic nitrogens is 2. The van der Waals surface area contributed by atoms with Crippen LogP contribution in [0.15, 0.2) is 0 Å². The lowest BCUT2D eigenvalue weighted by Gasteiger charge is -2.44. The Morgan fingerprint density at radius 2 is 1.90 bits per heavy atom. The van der Waals surface area contributed by atoms with Gasteiger partial charge in [0.05, 0.1) is 32.0 Å². The first-order valence-electron chi connectivity index (χ1n) is 11.1. The van der Waals surface area contributed by atoms with Gasteiger partial charge in [-0.05, 0) is 25.7 Å². The summed E-state index contributed by atoms with van der Waals surface area (Å²) < 4.78 is 13.5. The second-order valence-corrected chi connectivity index (χ2v) is 9.06. The van der Waals surface area contributed by atoms with Gasteiger partial charge in [-0.2, -0.15) is 5.10 Å². The molecule has 0 radical (unpaired) electrons. The highest BCUT2D eigenvalue weighted by Gasteiger charge is 2.42. The third-order valence-electron chi connectivity index (χ3n) is 6.90. The highest BCUT2D eigenvalue weighted by molar-refractivity contribution is 5.94. The highest BCUT2D eigenvalue weighted by Crippen LogP contribution is 2.37. The Bertz CT molecular complexity index is 820. The van der Waals surface area contributed by atoms with Gasteiger partial charge >= 0.3 is 0 Å². The summed E-state index contributed by atoms with van der Waals surface area (Å²) in [6, 6.07) is 0.310. The fourth-order valence-corrected chi connectivity index (χ4v) is 4.76. The lowest BCUT2D eigenvalue weighted by molar-refractivity contribution is -0.143. The molecule has 3 fully saturated rings. The quantitative estimate of drug-likeness (QED) is 0.746. The standard InChI is InChI=1S/C21H31N5O4/c1-24-17-12-21(30-14-16(17)19(23-24)20(28)22-15-2-3-15)4-6-26(7-5-21)18(27)13-25-8-10-29-11-9-25/h15H,2-14H2,1H3,(H,22,28). The smallest absolute Gasteiger partial charge is 0.272 e. The average molecular weight is 418 g/mol. The zero-order chi connectivity index (χ0) is 20.7. The van der Waals surface area contributed by atoms with Gasteiger partial charge in [0.2, 0.25) is 5.91 Å². The number of hydrogen-bond acceptors (Lipinski definition) is 6. The molecule has 1 N–H and O–H groups in total. The molecule has 1 spiro atoms. The summed E-state index contributed by atoms with van der Waals surface area (Å²) >= 11 is 0. The van der Waals surface area contributed by atoms with Crippen LogP contribution < -0.4 is 5.32 Å². The summed E-state index contributed by atoms with van der Waals surface area (Å²) in [7, 11) is 1.91. The predicted molar refractivity (Wildman–Crippen MR) is 108 cm³/mol. The number of carbonyl (C=O) groups excluding carboxylic acids is 2. The number of ether oxygens (including phenoxy) is 2. The number of nitrogens with zero attached hydrogens (tertiary/aromatic N) is 4. The molecule has 0 aromatic carbocycles. The number of amides is 2. The number of carbonyl (C=O) groups is 2. The van der Waals surface area contributed by atoms with Crippen molar-refractivity contribution < 1.29 is 19.1 Å². The van der Waals surface area contributed by atoms with E-state index in [0.717, 1.165) is 56.5 Å². The van der Waals surface area contributed by atoms with E-state index in [1.807, 2.05) is 16.6 Å². The minimum absolute atomic E-state index is 0.0857. The third kappa shape index (κ3) is 3.98. The summed E-state index contributed by atoms with van der Waals surface area (Å²) in [6.45, 7) is 5.38. The summed E-state index contributed by atoms with van der Waals surface area (Å²) in [5, 5.41) is 7.53. The lowest BCUT2D eigenvalue weighted by atomic mass is 9.83. The fraction of sp³-hybridized carbons (Fsp3) is 0.762. The van der Waals surface area contributed by atoms with Crippen LogP contribution in [0.1, 0.15) is 47.4 Å². The molecule has 0 bridgehead atoms. The summed E-state index contributed by atoms with van der Waals surface area (Å²) in [4.78, 5) is 29.4. The van der Waals surface area contributed by atoms with Crippen LogP contribution in [-0.4, -0.2) is 89.0 Å². The monoisotopic (exact) mass is 417 g/mol. The highest BCUT2D eigenvalue weighted by atomic mass is 16.5. The maximum Gasteiger partial charge on any atom is 0.272 e. The number of likely N-dealkylation sites (tertiary alicyclic amines) is 1. The molecular weight excluding hydrogens is 386 g/mol. The maximum atomic E-state index is 12.7. The minimum Gasteiger partial charge on any atom is -0.379 e. The molecular formula is C21H31N5O4. The van der Waals surface area contributed by atoms with Crippen molar-refractivity contribution in [1.29, 1.82) is 0 Å². The van der Waals surface area contributed by atoms with E-state index in [1.54, 1.807) is 0 Å². The van der Waals surface area contributed by atoms with Crippen LogP contribution in [0.2, 0.25) is 0 Å². The zero-order valence-corrected chi connectivity index (χ0v) is 17.7. The Morgan fingerprint density at radius 3 is 2.60 bits per heavy atom. The first-order chi connectivity index (χ1) is 14.5. The van der Waals surface area contributed by atoms with Crippen LogP contribution in [-0.2, 0) is 34.3 Å². The van der Waals surface area contributed by atoms with Crippen LogP contribution in [0.5, 0.6) is 0 Å². The Hall–Kier alpha value is -1.97. The predicted octanol–water partition coefficient (Wildman–Crippen LogP) is 0.0784. The Kier molecular flexibility index (Phi) is 5.28. The van der Waals surface area contributed by atoms with Crippen LogP contribution in [0.4, 0.5) is 0 Å². The van der Waals surface area contributed by atoms with Crippen LogP contribution in [0, 0.1) is 0 Å². The van der Waals surface area contributed by atoms with Crippen LogP contribution >= 0.6 is 0 Å². The number of piperidine rings is 1. The van der Waals surface area contributed by atoms with E-state index in [0.29, 0.717) is 51.2 Å². The van der Waals surface area contributed by atoms with E-state index in [9.17, 15) is 9.59 Å². The molecule has 30 heavy (non-hydrogen) atoms. The lowest BCUT2D eigenvalue weighted by Crippen LogP contribution is -2.53. The largest absolute Gasteiger partial charge is 0.379 e. The second kappa shape index (κ2) is 7.94. The number of aryl methyl sites for hydroxylation is 1. The van der Waals surface area contributed by atoms with Crippen LogP contribution in [0.25, 0.3) is 0 Å². The van der Waals surface area contributed by atoms with Crippen molar-refractivity contribution in [3.05, 3.63) is 17.0 Å². The molecule has 3 aliphatic heterocycles. The molecule has 2 saturated heterocycles. The number of nitrogens with one attached hydrogen (secondary N) is 1. The summed E-state index contributed by atoms with van der Waals surface area (Å²) in [6.07, 6.45) is 4.49. The summed E-state index contributed by atoms with van der Waals surface area (Å²) in [5.41, 5.74) is 2.26. The molecule has 1 aromatic heterocycles. The maximum absolute atomic E-state index is 12.7. The number of hydrogen-bond donors (Lipinski definition) is 1. The van der Waals surface area contributed by atoms with Crippen molar-refractivity contribution in [1.82, 2.24) is 24.9 Å². The van der Waals surface area contributed by atoms with Gasteiger partial charge in [-0.25, -0.2) is 0 Å². The molecule has 2 amide bonds.